The first-order valence-corrected chi connectivity index (χ1v) is 7.86. The molecule has 0 aliphatic carbocycles. The lowest BCUT2D eigenvalue weighted by Gasteiger charge is -2.27. The number of rotatable bonds is 3. The van der Waals surface area contributed by atoms with E-state index >= 15 is 0 Å². The van der Waals surface area contributed by atoms with Crippen LogP contribution in [0.5, 0.6) is 0 Å². The van der Waals surface area contributed by atoms with E-state index in [0.717, 1.165) is 18.5 Å². The van der Waals surface area contributed by atoms with Crippen LogP contribution in [0.1, 0.15) is 19.3 Å². The molecule has 1 saturated heterocycles. The van der Waals surface area contributed by atoms with E-state index in [1.807, 2.05) is 6.07 Å². The number of anilines is 3. The number of nitrogens with zero attached hydrogens (tertiary/aromatic N) is 1. The molecule has 0 radical (unpaired) electrons. The first kappa shape index (κ1) is 16.0. The number of piperidine rings is 1. The van der Waals surface area contributed by atoms with E-state index in [1.54, 1.807) is 23.1 Å². The highest BCUT2D eigenvalue weighted by molar-refractivity contribution is 6.00. The minimum Gasteiger partial charge on any atom is -0.312 e. The van der Waals surface area contributed by atoms with Crippen LogP contribution in [0.25, 0.3) is 0 Å². The molecule has 1 fully saturated rings. The molecule has 0 spiro atoms. The number of urea groups is 1. The molecule has 24 heavy (non-hydrogen) atoms. The third kappa shape index (κ3) is 3.90. The van der Waals surface area contributed by atoms with E-state index in [4.69, 9.17) is 0 Å². The monoisotopic (exact) mass is 327 g/mol. The van der Waals surface area contributed by atoms with Crippen LogP contribution in [-0.4, -0.2) is 18.5 Å². The van der Waals surface area contributed by atoms with Crippen LogP contribution >= 0.6 is 0 Å². The van der Waals surface area contributed by atoms with Gasteiger partial charge in [0, 0.05) is 30.0 Å². The maximum absolute atomic E-state index is 12.9. The van der Waals surface area contributed by atoms with Gasteiger partial charge in [-0.1, -0.05) is 6.07 Å². The van der Waals surface area contributed by atoms with E-state index in [1.165, 1.54) is 24.3 Å². The fraction of sp³-hybridized carbons (Fsp3) is 0.222. The van der Waals surface area contributed by atoms with Crippen molar-refractivity contribution in [1.29, 1.82) is 0 Å². The summed E-state index contributed by atoms with van der Waals surface area (Å²) in [6.45, 7) is 0.698. The zero-order valence-corrected chi connectivity index (χ0v) is 13.1. The summed E-state index contributed by atoms with van der Waals surface area (Å²) in [5.41, 5.74) is 1.86. The van der Waals surface area contributed by atoms with Crippen molar-refractivity contribution in [3.8, 4) is 0 Å². The molecule has 2 N–H and O–H groups in total. The molecule has 1 aliphatic rings. The predicted molar refractivity (Wildman–Crippen MR) is 91.7 cm³/mol. The van der Waals surface area contributed by atoms with Crippen molar-refractivity contribution in [2.24, 2.45) is 0 Å². The van der Waals surface area contributed by atoms with Gasteiger partial charge in [0.1, 0.15) is 5.82 Å². The van der Waals surface area contributed by atoms with Gasteiger partial charge in [-0.15, -0.1) is 0 Å². The third-order valence-corrected chi connectivity index (χ3v) is 3.84. The van der Waals surface area contributed by atoms with Gasteiger partial charge in [-0.3, -0.25) is 4.79 Å². The SMILES string of the molecule is O=C(Nc1ccc(F)cc1)Nc1cccc(N2CCCCC2=O)c1. The molecule has 3 amide bonds. The predicted octanol–water partition coefficient (Wildman–Crippen LogP) is 3.99. The largest absolute Gasteiger partial charge is 0.323 e. The summed E-state index contributed by atoms with van der Waals surface area (Å²) in [6.07, 6.45) is 2.46. The Morgan fingerprint density at radius 1 is 1.00 bits per heavy atom. The number of amides is 3. The number of benzene rings is 2. The number of hydrogen-bond donors (Lipinski definition) is 2. The summed E-state index contributed by atoms with van der Waals surface area (Å²) < 4.78 is 12.9. The molecule has 0 unspecified atom stereocenters. The summed E-state index contributed by atoms with van der Waals surface area (Å²) in [6, 6.07) is 12.3. The molecule has 1 heterocycles. The van der Waals surface area contributed by atoms with Gasteiger partial charge in [-0.2, -0.15) is 0 Å². The molecular weight excluding hydrogens is 309 g/mol. The van der Waals surface area contributed by atoms with Gasteiger partial charge in [-0.25, -0.2) is 9.18 Å². The highest BCUT2D eigenvalue weighted by atomic mass is 19.1. The van der Waals surface area contributed by atoms with Crippen molar-refractivity contribution in [2.45, 2.75) is 19.3 Å². The van der Waals surface area contributed by atoms with E-state index in [0.29, 0.717) is 24.3 Å². The summed E-state index contributed by atoms with van der Waals surface area (Å²) >= 11 is 0. The molecular formula is C18H18FN3O2. The van der Waals surface area contributed by atoms with Crippen molar-refractivity contribution < 1.29 is 14.0 Å². The Morgan fingerprint density at radius 2 is 1.75 bits per heavy atom. The lowest BCUT2D eigenvalue weighted by molar-refractivity contribution is -0.119. The topological polar surface area (TPSA) is 61.4 Å². The highest BCUT2D eigenvalue weighted by Crippen LogP contribution is 2.24. The van der Waals surface area contributed by atoms with Gasteiger partial charge >= 0.3 is 6.03 Å². The molecule has 2 aromatic rings. The molecule has 5 nitrogen and oxygen atoms in total. The lowest BCUT2D eigenvalue weighted by Crippen LogP contribution is -2.35. The van der Waals surface area contributed by atoms with Gasteiger partial charge in [0.25, 0.3) is 0 Å². The van der Waals surface area contributed by atoms with Crippen molar-refractivity contribution in [1.82, 2.24) is 0 Å². The maximum atomic E-state index is 12.9. The average molecular weight is 327 g/mol. The lowest BCUT2D eigenvalue weighted by atomic mass is 10.1. The minimum atomic E-state index is -0.427. The van der Waals surface area contributed by atoms with Crippen molar-refractivity contribution in [3.63, 3.8) is 0 Å². The smallest absolute Gasteiger partial charge is 0.312 e. The second-order valence-electron chi connectivity index (χ2n) is 5.64. The van der Waals surface area contributed by atoms with Crippen LogP contribution < -0.4 is 15.5 Å². The maximum Gasteiger partial charge on any atom is 0.323 e. The van der Waals surface area contributed by atoms with Crippen LogP contribution in [-0.2, 0) is 4.79 Å². The first-order valence-electron chi connectivity index (χ1n) is 7.86. The normalized spacial score (nSPS) is 14.4. The number of nitrogens with one attached hydrogen (secondary N) is 2. The molecule has 0 atom stereocenters. The Bertz CT molecular complexity index is 746. The number of halogens is 1. The quantitative estimate of drug-likeness (QED) is 0.895. The van der Waals surface area contributed by atoms with Crippen LogP contribution in [0.15, 0.2) is 48.5 Å². The number of hydrogen-bond acceptors (Lipinski definition) is 2. The van der Waals surface area contributed by atoms with E-state index in [2.05, 4.69) is 10.6 Å². The second kappa shape index (κ2) is 7.12. The fourth-order valence-corrected chi connectivity index (χ4v) is 2.66. The molecule has 6 heteroatoms. The number of carbonyl (C=O) groups is 2. The summed E-state index contributed by atoms with van der Waals surface area (Å²) in [4.78, 5) is 25.8. The van der Waals surface area contributed by atoms with Crippen molar-refractivity contribution in [2.75, 3.05) is 22.1 Å². The van der Waals surface area contributed by atoms with Crippen LogP contribution in [0, 0.1) is 5.82 Å². The zero-order valence-electron chi connectivity index (χ0n) is 13.1. The zero-order chi connectivity index (χ0) is 16.9. The van der Waals surface area contributed by atoms with E-state index < -0.39 is 6.03 Å². The van der Waals surface area contributed by atoms with Crippen LogP contribution in [0.2, 0.25) is 0 Å². The molecule has 1 aliphatic heterocycles. The first-order chi connectivity index (χ1) is 11.6. The van der Waals surface area contributed by atoms with Gasteiger partial charge in [-0.05, 0) is 55.3 Å². The third-order valence-electron chi connectivity index (χ3n) is 3.84. The Morgan fingerprint density at radius 3 is 2.50 bits per heavy atom. The minimum absolute atomic E-state index is 0.106. The van der Waals surface area contributed by atoms with E-state index in [-0.39, 0.29) is 11.7 Å². The summed E-state index contributed by atoms with van der Waals surface area (Å²) in [5.74, 6) is -0.256. The van der Waals surface area contributed by atoms with Gasteiger partial charge in [0.2, 0.25) is 5.91 Å². The fourth-order valence-electron chi connectivity index (χ4n) is 2.66. The van der Waals surface area contributed by atoms with E-state index in [9.17, 15) is 14.0 Å². The average Bonchev–Trinajstić information content (AvgIpc) is 2.57. The Labute approximate surface area is 139 Å². The molecule has 124 valence electrons. The standard InChI is InChI=1S/C18H18FN3O2/c19-13-7-9-14(10-8-13)20-18(24)21-15-4-3-5-16(12-15)22-11-2-1-6-17(22)23/h3-5,7-10,12H,1-2,6,11H2,(H2,20,21,24). The van der Waals surface area contributed by atoms with Crippen molar-refractivity contribution in [3.05, 3.63) is 54.3 Å². The van der Waals surface area contributed by atoms with Crippen molar-refractivity contribution >= 4 is 29.0 Å². The highest BCUT2D eigenvalue weighted by Gasteiger charge is 2.19. The van der Waals surface area contributed by atoms with Gasteiger partial charge in [0.15, 0.2) is 0 Å². The van der Waals surface area contributed by atoms with Gasteiger partial charge < -0.3 is 15.5 Å². The Kier molecular flexibility index (Phi) is 4.74. The molecule has 2 aromatic carbocycles. The Hall–Kier alpha value is -2.89. The molecule has 0 aromatic heterocycles. The summed E-state index contributed by atoms with van der Waals surface area (Å²) in [7, 11) is 0. The summed E-state index contributed by atoms with van der Waals surface area (Å²) in [5, 5.41) is 5.35. The number of carbonyl (C=O) groups excluding carboxylic acids is 2. The molecule has 0 bridgehead atoms. The van der Waals surface area contributed by atoms with Crippen LogP contribution in [0.3, 0.4) is 0 Å². The second-order valence-corrected chi connectivity index (χ2v) is 5.64. The molecule has 0 saturated carbocycles. The molecule has 3 rings (SSSR count). The van der Waals surface area contributed by atoms with Gasteiger partial charge in [0.05, 0.1) is 0 Å². The van der Waals surface area contributed by atoms with Crippen LogP contribution in [0.4, 0.5) is 26.2 Å². The Balaban J connectivity index is 1.66.